The second kappa shape index (κ2) is 6.80. The van der Waals surface area contributed by atoms with E-state index in [0.717, 1.165) is 11.1 Å². The average molecular weight is 355 g/mol. The number of nitrogens with one attached hydrogen (secondary N) is 1. The van der Waals surface area contributed by atoms with Crippen LogP contribution in [0.1, 0.15) is 55.5 Å². The monoisotopic (exact) mass is 355 g/mol. The van der Waals surface area contributed by atoms with Crippen molar-refractivity contribution >= 4 is 17.2 Å². The van der Waals surface area contributed by atoms with Gasteiger partial charge in [-0.05, 0) is 52.4 Å². The van der Waals surface area contributed by atoms with Gasteiger partial charge >= 0.3 is 11.8 Å². The molecule has 0 fully saturated rings. The minimum absolute atomic E-state index is 0.0306. The molecule has 0 aliphatic rings. The molecule has 0 aliphatic carbocycles. The van der Waals surface area contributed by atoms with Gasteiger partial charge in [-0.3, -0.25) is 4.79 Å². The van der Waals surface area contributed by atoms with E-state index in [1.54, 1.807) is 11.3 Å². The molecule has 0 aliphatic heterocycles. The predicted octanol–water partition coefficient (Wildman–Crippen LogP) is 4.59. The van der Waals surface area contributed by atoms with Gasteiger partial charge in [-0.1, -0.05) is 32.9 Å². The van der Waals surface area contributed by atoms with Crippen LogP contribution in [0.2, 0.25) is 0 Å². The Balaban J connectivity index is 1.72. The average Bonchev–Trinajstić information content (AvgIpc) is 3.26. The number of benzene rings is 1. The molecule has 130 valence electrons. The molecule has 0 saturated carbocycles. The molecule has 3 aromatic rings. The van der Waals surface area contributed by atoms with Crippen LogP contribution in [0.25, 0.3) is 11.5 Å². The van der Waals surface area contributed by atoms with Crippen LogP contribution in [0.4, 0.5) is 0 Å². The number of carbonyl (C=O) groups is 1. The third-order valence-corrected chi connectivity index (χ3v) is 4.71. The number of hydrogen-bond acceptors (Lipinski definition) is 5. The number of amides is 1. The molecule has 0 radical (unpaired) electrons. The molecule has 5 nitrogen and oxygen atoms in total. The zero-order chi connectivity index (χ0) is 18.0. The summed E-state index contributed by atoms with van der Waals surface area (Å²) >= 11 is 1.59. The number of nitrogens with zero attached hydrogens (tertiary/aromatic N) is 2. The zero-order valence-corrected chi connectivity index (χ0v) is 15.6. The molecule has 3 rings (SSSR count). The molecule has 1 amide bonds. The summed E-state index contributed by atoms with van der Waals surface area (Å²) in [5, 5.41) is 14.7. The van der Waals surface area contributed by atoms with Gasteiger partial charge < -0.3 is 9.73 Å². The van der Waals surface area contributed by atoms with Crippen molar-refractivity contribution in [3.63, 3.8) is 0 Å². The van der Waals surface area contributed by atoms with Gasteiger partial charge in [0.2, 0.25) is 5.89 Å². The highest BCUT2D eigenvalue weighted by Gasteiger charge is 2.19. The Hall–Kier alpha value is -2.47. The van der Waals surface area contributed by atoms with Crippen LogP contribution < -0.4 is 5.32 Å². The van der Waals surface area contributed by atoms with Crippen molar-refractivity contribution in [3.8, 4) is 11.5 Å². The number of hydrogen-bond donors (Lipinski definition) is 1. The Bertz CT molecular complexity index is 846. The normalized spacial score (nSPS) is 12.8. The van der Waals surface area contributed by atoms with Gasteiger partial charge in [-0.25, -0.2) is 0 Å². The van der Waals surface area contributed by atoms with Crippen molar-refractivity contribution in [2.75, 3.05) is 0 Å². The number of aromatic nitrogens is 2. The molecule has 25 heavy (non-hydrogen) atoms. The third-order valence-electron chi connectivity index (χ3n) is 4.01. The van der Waals surface area contributed by atoms with E-state index in [-0.39, 0.29) is 23.3 Å². The van der Waals surface area contributed by atoms with Crippen LogP contribution >= 0.6 is 11.3 Å². The van der Waals surface area contributed by atoms with Gasteiger partial charge in [-0.15, -0.1) is 10.2 Å². The topological polar surface area (TPSA) is 68.0 Å². The first-order chi connectivity index (χ1) is 11.8. The Kier molecular flexibility index (Phi) is 4.72. The lowest BCUT2D eigenvalue weighted by Gasteiger charge is -2.18. The summed E-state index contributed by atoms with van der Waals surface area (Å²) in [5.74, 6) is -0.0606. The van der Waals surface area contributed by atoms with Crippen molar-refractivity contribution in [2.45, 2.75) is 39.2 Å². The highest BCUT2D eigenvalue weighted by Crippen LogP contribution is 2.25. The number of carbonyl (C=O) groups excluding carboxylic acids is 1. The lowest BCUT2D eigenvalue weighted by molar-refractivity contribution is 0.0905. The summed E-state index contributed by atoms with van der Waals surface area (Å²) in [6.07, 6.45) is 0. The molecule has 6 heteroatoms. The summed E-state index contributed by atoms with van der Waals surface area (Å²) in [5.41, 5.74) is 3.15. The summed E-state index contributed by atoms with van der Waals surface area (Å²) in [6, 6.07) is 9.81. The Morgan fingerprint density at radius 3 is 2.48 bits per heavy atom. The summed E-state index contributed by atoms with van der Waals surface area (Å²) in [6.45, 7) is 8.39. The van der Waals surface area contributed by atoms with E-state index in [1.165, 1.54) is 5.56 Å². The molecule has 0 spiro atoms. The van der Waals surface area contributed by atoms with Gasteiger partial charge in [0.1, 0.15) is 0 Å². The van der Waals surface area contributed by atoms with Crippen molar-refractivity contribution in [1.82, 2.24) is 15.5 Å². The first-order valence-electron chi connectivity index (χ1n) is 8.12. The van der Waals surface area contributed by atoms with Crippen LogP contribution in [0.5, 0.6) is 0 Å². The third kappa shape index (κ3) is 3.96. The van der Waals surface area contributed by atoms with Gasteiger partial charge in [-0.2, -0.15) is 11.3 Å². The molecule has 2 aromatic heterocycles. The van der Waals surface area contributed by atoms with E-state index in [4.69, 9.17) is 4.42 Å². The van der Waals surface area contributed by atoms with Crippen molar-refractivity contribution in [3.05, 3.63) is 58.1 Å². The Morgan fingerprint density at radius 1 is 1.16 bits per heavy atom. The van der Waals surface area contributed by atoms with E-state index in [2.05, 4.69) is 36.3 Å². The first kappa shape index (κ1) is 17.4. The van der Waals surface area contributed by atoms with Crippen LogP contribution in [-0.2, 0) is 5.41 Å². The van der Waals surface area contributed by atoms with Gasteiger partial charge in [0.25, 0.3) is 0 Å². The highest BCUT2D eigenvalue weighted by atomic mass is 32.1. The van der Waals surface area contributed by atoms with E-state index in [0.29, 0.717) is 5.89 Å². The Labute approximate surface area is 151 Å². The SMILES string of the molecule is C[C@@H](NC(=O)c1nnc(-c2ccc(C(C)(C)C)cc2)o1)c1ccsc1. The molecule has 1 aromatic carbocycles. The minimum atomic E-state index is -0.372. The fourth-order valence-corrected chi connectivity index (χ4v) is 3.16. The summed E-state index contributed by atoms with van der Waals surface area (Å²) < 4.78 is 5.54. The molecule has 0 bridgehead atoms. The van der Waals surface area contributed by atoms with E-state index in [1.807, 2.05) is 48.0 Å². The van der Waals surface area contributed by atoms with Gasteiger partial charge in [0.05, 0.1) is 6.04 Å². The largest absolute Gasteiger partial charge is 0.412 e. The van der Waals surface area contributed by atoms with Gasteiger partial charge in [0.15, 0.2) is 0 Å². The Morgan fingerprint density at radius 2 is 1.88 bits per heavy atom. The van der Waals surface area contributed by atoms with Crippen molar-refractivity contribution in [1.29, 1.82) is 0 Å². The molecular weight excluding hydrogens is 334 g/mol. The van der Waals surface area contributed by atoms with Crippen LogP contribution in [0, 0.1) is 0 Å². The fraction of sp³-hybridized carbons (Fsp3) is 0.316. The van der Waals surface area contributed by atoms with Crippen LogP contribution in [-0.4, -0.2) is 16.1 Å². The lowest BCUT2D eigenvalue weighted by atomic mass is 9.87. The van der Waals surface area contributed by atoms with Crippen molar-refractivity contribution in [2.24, 2.45) is 0 Å². The standard InChI is InChI=1S/C19H21N3O2S/c1-12(14-9-10-25-11-14)20-16(23)18-22-21-17(24-18)13-5-7-15(8-6-13)19(2,3)4/h5-12H,1-4H3,(H,20,23)/t12-/m1/s1. The molecule has 2 heterocycles. The molecule has 1 N–H and O–H groups in total. The van der Waals surface area contributed by atoms with Crippen LogP contribution in [0.15, 0.2) is 45.5 Å². The maximum Gasteiger partial charge on any atom is 0.309 e. The summed E-state index contributed by atoms with van der Waals surface area (Å²) in [4.78, 5) is 12.3. The number of thiophene rings is 1. The predicted molar refractivity (Wildman–Crippen MR) is 98.6 cm³/mol. The van der Waals surface area contributed by atoms with E-state index in [9.17, 15) is 4.79 Å². The van der Waals surface area contributed by atoms with Gasteiger partial charge in [0, 0.05) is 5.56 Å². The molecular formula is C19H21N3O2S. The number of rotatable bonds is 4. The lowest BCUT2D eigenvalue weighted by Crippen LogP contribution is -2.26. The van der Waals surface area contributed by atoms with E-state index >= 15 is 0 Å². The summed E-state index contributed by atoms with van der Waals surface area (Å²) in [7, 11) is 0. The molecule has 0 saturated heterocycles. The fourth-order valence-electron chi connectivity index (χ4n) is 2.41. The zero-order valence-electron chi connectivity index (χ0n) is 14.7. The quantitative estimate of drug-likeness (QED) is 0.743. The van der Waals surface area contributed by atoms with Crippen molar-refractivity contribution < 1.29 is 9.21 Å². The second-order valence-electron chi connectivity index (χ2n) is 6.99. The van der Waals surface area contributed by atoms with Crippen LogP contribution in [0.3, 0.4) is 0 Å². The smallest absolute Gasteiger partial charge is 0.309 e. The molecule has 0 unspecified atom stereocenters. The van der Waals surface area contributed by atoms with E-state index < -0.39 is 0 Å². The molecule has 1 atom stereocenters. The second-order valence-corrected chi connectivity index (χ2v) is 7.77. The highest BCUT2D eigenvalue weighted by molar-refractivity contribution is 7.07. The maximum atomic E-state index is 12.3. The first-order valence-corrected chi connectivity index (χ1v) is 9.06. The maximum absolute atomic E-state index is 12.3. The minimum Gasteiger partial charge on any atom is -0.412 e.